The van der Waals surface area contributed by atoms with Crippen LogP contribution in [0.4, 0.5) is 5.82 Å². The monoisotopic (exact) mass is 246 g/mol. The van der Waals surface area contributed by atoms with Crippen LogP contribution in [-0.4, -0.2) is 35.1 Å². The van der Waals surface area contributed by atoms with Crippen LogP contribution in [0.25, 0.3) is 0 Å². The van der Waals surface area contributed by atoms with Gasteiger partial charge in [0, 0.05) is 30.4 Å². The normalized spacial score (nSPS) is 27.9. The number of nitrogens with zero attached hydrogens (tertiary/aromatic N) is 3. The molecule has 2 atom stereocenters. The van der Waals surface area contributed by atoms with Gasteiger partial charge in [-0.15, -0.1) is 0 Å². The highest BCUT2D eigenvalue weighted by atomic mass is 15.3. The molecule has 0 spiro atoms. The summed E-state index contributed by atoms with van der Waals surface area (Å²) in [5.41, 5.74) is 1.14. The van der Waals surface area contributed by atoms with E-state index in [2.05, 4.69) is 33.2 Å². The zero-order valence-electron chi connectivity index (χ0n) is 11.1. The molecule has 0 radical (unpaired) electrons. The van der Waals surface area contributed by atoms with E-state index in [-0.39, 0.29) is 0 Å². The Bertz CT molecular complexity index is 401. The third-order valence-corrected chi connectivity index (χ3v) is 4.23. The highest BCUT2D eigenvalue weighted by Gasteiger charge is 2.33. The van der Waals surface area contributed by atoms with Crippen LogP contribution in [0, 0.1) is 0 Å². The first-order valence-corrected chi connectivity index (χ1v) is 7.19. The van der Waals surface area contributed by atoms with Gasteiger partial charge in [0.05, 0.1) is 0 Å². The third-order valence-electron chi connectivity index (χ3n) is 4.23. The molecule has 0 aromatic carbocycles. The summed E-state index contributed by atoms with van der Waals surface area (Å²) in [7, 11) is 0. The first kappa shape index (κ1) is 11.9. The molecule has 2 saturated heterocycles. The summed E-state index contributed by atoms with van der Waals surface area (Å²) in [6, 6.07) is 3.45. The van der Waals surface area contributed by atoms with Crippen molar-refractivity contribution in [3.05, 3.63) is 18.1 Å². The summed E-state index contributed by atoms with van der Waals surface area (Å²) >= 11 is 0. The fraction of sp³-hybridized carbons (Fsp3) is 0.714. The van der Waals surface area contributed by atoms with Crippen LogP contribution in [0.15, 0.2) is 12.4 Å². The molecule has 2 unspecified atom stereocenters. The van der Waals surface area contributed by atoms with E-state index >= 15 is 0 Å². The zero-order chi connectivity index (χ0) is 12.4. The van der Waals surface area contributed by atoms with Crippen molar-refractivity contribution >= 4 is 5.82 Å². The summed E-state index contributed by atoms with van der Waals surface area (Å²) in [4.78, 5) is 11.3. The largest absolute Gasteiger partial charge is 0.352 e. The fourth-order valence-electron chi connectivity index (χ4n) is 3.27. The molecule has 18 heavy (non-hydrogen) atoms. The first-order chi connectivity index (χ1) is 8.88. The molecule has 4 heteroatoms. The highest BCUT2D eigenvalue weighted by Crippen LogP contribution is 2.28. The number of nitrogens with one attached hydrogen (secondary N) is 1. The highest BCUT2D eigenvalue weighted by molar-refractivity contribution is 5.42. The molecular weight excluding hydrogens is 224 g/mol. The zero-order valence-corrected chi connectivity index (χ0v) is 11.1. The Morgan fingerprint density at radius 3 is 3.06 bits per heavy atom. The first-order valence-electron chi connectivity index (χ1n) is 7.19. The van der Waals surface area contributed by atoms with E-state index in [9.17, 15) is 0 Å². The number of hydrogen-bond donors (Lipinski definition) is 1. The number of hydrogen-bond acceptors (Lipinski definition) is 4. The van der Waals surface area contributed by atoms with Gasteiger partial charge in [-0.25, -0.2) is 9.97 Å². The van der Waals surface area contributed by atoms with E-state index < -0.39 is 0 Å². The molecule has 3 rings (SSSR count). The summed E-state index contributed by atoms with van der Waals surface area (Å²) in [5.74, 6) is 1.12. The minimum atomic E-state index is 0.632. The van der Waals surface area contributed by atoms with Crippen molar-refractivity contribution in [1.82, 2.24) is 15.3 Å². The van der Waals surface area contributed by atoms with Crippen molar-refractivity contribution in [3.8, 4) is 0 Å². The smallest absolute Gasteiger partial charge is 0.132 e. The lowest BCUT2D eigenvalue weighted by molar-refractivity contribution is 0.480. The van der Waals surface area contributed by atoms with Crippen molar-refractivity contribution in [2.24, 2.45) is 0 Å². The maximum atomic E-state index is 4.48. The Hall–Kier alpha value is -1.16. The van der Waals surface area contributed by atoms with Gasteiger partial charge in [-0.3, -0.25) is 0 Å². The van der Waals surface area contributed by atoms with Crippen LogP contribution in [0.2, 0.25) is 0 Å². The quantitative estimate of drug-likeness (QED) is 0.882. The van der Waals surface area contributed by atoms with Gasteiger partial charge in [-0.1, -0.05) is 6.92 Å². The molecule has 0 aliphatic carbocycles. The lowest BCUT2D eigenvalue weighted by atomic mass is 10.0. The summed E-state index contributed by atoms with van der Waals surface area (Å²) in [5, 5.41) is 3.64. The number of aryl methyl sites for hydroxylation is 1. The maximum absolute atomic E-state index is 4.48. The Labute approximate surface area is 109 Å². The second-order valence-electron chi connectivity index (χ2n) is 5.33. The fourth-order valence-corrected chi connectivity index (χ4v) is 3.27. The average molecular weight is 246 g/mol. The predicted octanol–water partition coefficient (Wildman–Crippen LogP) is 1.76. The van der Waals surface area contributed by atoms with Gasteiger partial charge in [0.15, 0.2) is 0 Å². The number of rotatable bonds is 3. The molecule has 0 saturated carbocycles. The molecule has 2 aliphatic heterocycles. The van der Waals surface area contributed by atoms with Crippen LogP contribution in [-0.2, 0) is 6.42 Å². The van der Waals surface area contributed by atoms with Gasteiger partial charge in [-0.05, 0) is 38.6 Å². The molecule has 0 bridgehead atoms. The van der Waals surface area contributed by atoms with Crippen molar-refractivity contribution < 1.29 is 0 Å². The molecule has 1 aromatic rings. The van der Waals surface area contributed by atoms with E-state index in [0.717, 1.165) is 24.5 Å². The molecule has 1 aromatic heterocycles. The topological polar surface area (TPSA) is 41.0 Å². The Kier molecular flexibility index (Phi) is 3.46. The summed E-state index contributed by atoms with van der Waals surface area (Å²) < 4.78 is 0. The van der Waals surface area contributed by atoms with Crippen LogP contribution in [0.3, 0.4) is 0 Å². The van der Waals surface area contributed by atoms with E-state index in [1.165, 1.54) is 32.2 Å². The molecular formula is C14H22N4. The van der Waals surface area contributed by atoms with Crippen molar-refractivity contribution in [1.29, 1.82) is 0 Å². The Morgan fingerprint density at radius 1 is 1.33 bits per heavy atom. The molecule has 1 N–H and O–H groups in total. The van der Waals surface area contributed by atoms with Gasteiger partial charge in [0.2, 0.25) is 0 Å². The van der Waals surface area contributed by atoms with Gasteiger partial charge < -0.3 is 10.2 Å². The van der Waals surface area contributed by atoms with Crippen LogP contribution in [0.1, 0.15) is 38.3 Å². The maximum Gasteiger partial charge on any atom is 0.132 e. The molecule has 2 aliphatic rings. The number of aromatic nitrogens is 2. The standard InChI is InChI=1S/C14H22N4/c1-2-11-9-14(17-10-16-11)18-8-4-6-13(18)12-5-3-7-15-12/h9-10,12-13,15H,2-8H2,1H3. The van der Waals surface area contributed by atoms with Crippen LogP contribution < -0.4 is 10.2 Å². The summed E-state index contributed by atoms with van der Waals surface area (Å²) in [6.07, 6.45) is 7.91. The summed E-state index contributed by atoms with van der Waals surface area (Å²) in [6.45, 7) is 4.47. The van der Waals surface area contributed by atoms with E-state index in [0.29, 0.717) is 12.1 Å². The SMILES string of the molecule is CCc1cc(N2CCCC2C2CCCN2)ncn1. The Balaban J connectivity index is 1.80. The molecule has 98 valence electrons. The third kappa shape index (κ3) is 2.21. The van der Waals surface area contributed by atoms with Gasteiger partial charge in [0.1, 0.15) is 12.1 Å². The molecule has 0 amide bonds. The van der Waals surface area contributed by atoms with Crippen molar-refractivity contribution in [3.63, 3.8) is 0 Å². The Morgan fingerprint density at radius 2 is 2.28 bits per heavy atom. The van der Waals surface area contributed by atoms with Crippen LogP contribution >= 0.6 is 0 Å². The minimum Gasteiger partial charge on any atom is -0.352 e. The van der Waals surface area contributed by atoms with Crippen molar-refractivity contribution in [2.45, 2.75) is 51.1 Å². The predicted molar refractivity (Wildman–Crippen MR) is 72.8 cm³/mol. The molecule has 3 heterocycles. The second kappa shape index (κ2) is 5.22. The second-order valence-corrected chi connectivity index (χ2v) is 5.33. The van der Waals surface area contributed by atoms with Crippen molar-refractivity contribution in [2.75, 3.05) is 18.0 Å². The van der Waals surface area contributed by atoms with Crippen LogP contribution in [0.5, 0.6) is 0 Å². The molecule has 2 fully saturated rings. The lowest BCUT2D eigenvalue weighted by Crippen LogP contribution is -2.44. The average Bonchev–Trinajstić information content (AvgIpc) is 3.09. The number of anilines is 1. The van der Waals surface area contributed by atoms with E-state index in [4.69, 9.17) is 0 Å². The van der Waals surface area contributed by atoms with Gasteiger partial charge in [-0.2, -0.15) is 0 Å². The lowest BCUT2D eigenvalue weighted by Gasteiger charge is -2.30. The van der Waals surface area contributed by atoms with Gasteiger partial charge in [0.25, 0.3) is 0 Å². The molecule has 4 nitrogen and oxygen atoms in total. The van der Waals surface area contributed by atoms with E-state index in [1.807, 2.05) is 0 Å². The van der Waals surface area contributed by atoms with Gasteiger partial charge >= 0.3 is 0 Å². The van der Waals surface area contributed by atoms with E-state index in [1.54, 1.807) is 6.33 Å². The minimum absolute atomic E-state index is 0.632.